The lowest BCUT2D eigenvalue weighted by Gasteiger charge is -2.17. The standard InChI is InChI=1S/C26H19F3N4O2S2/c1-32-19-9-5-6-10-20(19)36-23(32)21-22(34)33(15-16-7-3-2-4-8-16)25(37-21)31-18-13-11-17(12-14-18)30-24(35)26(27,28)29/h2-14H,15H2,1H3,(H,30,35). The molecule has 0 unspecified atom stereocenters. The van der Waals surface area contributed by atoms with Crippen molar-refractivity contribution in [1.82, 2.24) is 4.90 Å². The molecule has 3 aromatic rings. The topological polar surface area (TPSA) is 65.0 Å². The van der Waals surface area contributed by atoms with Gasteiger partial charge in [0.25, 0.3) is 5.91 Å². The van der Waals surface area contributed by atoms with Crippen LogP contribution in [0.3, 0.4) is 0 Å². The fraction of sp³-hybridized carbons (Fsp3) is 0.115. The van der Waals surface area contributed by atoms with E-state index in [0.717, 1.165) is 21.2 Å². The molecular formula is C26H19F3N4O2S2. The van der Waals surface area contributed by atoms with E-state index >= 15 is 0 Å². The quantitative estimate of drug-likeness (QED) is 0.390. The second-order valence-corrected chi connectivity index (χ2v) is 10.1. The van der Waals surface area contributed by atoms with Gasteiger partial charge in [0.15, 0.2) is 5.17 Å². The molecule has 0 atom stereocenters. The molecule has 0 aromatic heterocycles. The van der Waals surface area contributed by atoms with Crippen molar-refractivity contribution in [2.75, 3.05) is 17.3 Å². The normalized spacial score (nSPS) is 18.5. The van der Waals surface area contributed by atoms with Gasteiger partial charge in [-0.15, -0.1) is 0 Å². The molecule has 2 heterocycles. The highest BCUT2D eigenvalue weighted by Gasteiger charge is 2.40. The molecule has 11 heteroatoms. The minimum atomic E-state index is -4.98. The average molecular weight is 541 g/mol. The highest BCUT2D eigenvalue weighted by molar-refractivity contribution is 8.19. The first-order valence-corrected chi connectivity index (χ1v) is 12.7. The maximum Gasteiger partial charge on any atom is 0.471 e. The summed E-state index contributed by atoms with van der Waals surface area (Å²) < 4.78 is 37.6. The average Bonchev–Trinajstić information content (AvgIpc) is 3.37. The molecule has 5 rings (SSSR count). The lowest BCUT2D eigenvalue weighted by molar-refractivity contribution is -0.167. The number of fused-ring (bicyclic) bond motifs is 1. The maximum absolute atomic E-state index is 13.6. The lowest BCUT2D eigenvalue weighted by Crippen LogP contribution is -2.29. The van der Waals surface area contributed by atoms with Gasteiger partial charge in [-0.05, 0) is 53.7 Å². The van der Waals surface area contributed by atoms with Crippen LogP contribution in [0.4, 0.5) is 30.2 Å². The first-order chi connectivity index (χ1) is 17.7. The minimum absolute atomic E-state index is 0.00730. The largest absolute Gasteiger partial charge is 0.471 e. The zero-order valence-electron chi connectivity index (χ0n) is 19.3. The van der Waals surface area contributed by atoms with Gasteiger partial charge in [0.05, 0.1) is 22.9 Å². The van der Waals surface area contributed by atoms with Gasteiger partial charge in [-0.25, -0.2) is 4.99 Å². The molecule has 1 fully saturated rings. The summed E-state index contributed by atoms with van der Waals surface area (Å²) in [7, 11) is 1.92. The Morgan fingerprint density at radius 1 is 0.946 bits per heavy atom. The van der Waals surface area contributed by atoms with Crippen molar-refractivity contribution in [3.63, 3.8) is 0 Å². The molecule has 2 amide bonds. The van der Waals surface area contributed by atoms with Crippen LogP contribution in [0.15, 0.2) is 98.7 Å². The predicted octanol–water partition coefficient (Wildman–Crippen LogP) is 6.36. The zero-order chi connectivity index (χ0) is 26.2. The van der Waals surface area contributed by atoms with Crippen LogP contribution in [0, 0.1) is 0 Å². The molecular weight excluding hydrogens is 521 g/mol. The smallest absolute Gasteiger partial charge is 0.337 e. The van der Waals surface area contributed by atoms with Crippen molar-refractivity contribution in [3.8, 4) is 0 Å². The molecule has 2 aliphatic rings. The molecule has 0 aliphatic carbocycles. The number of thioether (sulfide) groups is 2. The molecule has 0 spiro atoms. The van der Waals surface area contributed by atoms with Gasteiger partial charge in [0.2, 0.25) is 0 Å². The SMILES string of the molecule is CN1C(=C2SC(=Nc3ccc(NC(=O)C(F)(F)F)cc3)N(Cc3ccccc3)C2=O)Sc2ccccc21. The van der Waals surface area contributed by atoms with E-state index in [4.69, 9.17) is 0 Å². The van der Waals surface area contributed by atoms with Crippen molar-refractivity contribution in [3.05, 3.63) is 94.4 Å². The van der Waals surface area contributed by atoms with E-state index in [2.05, 4.69) is 4.99 Å². The third-order valence-corrected chi connectivity index (χ3v) is 8.02. The van der Waals surface area contributed by atoms with E-state index < -0.39 is 12.1 Å². The van der Waals surface area contributed by atoms with Crippen LogP contribution in [-0.4, -0.2) is 35.1 Å². The van der Waals surface area contributed by atoms with Gasteiger partial charge < -0.3 is 10.2 Å². The van der Waals surface area contributed by atoms with Gasteiger partial charge in [0.1, 0.15) is 4.91 Å². The summed E-state index contributed by atoms with van der Waals surface area (Å²) in [5, 5.41) is 3.07. The summed E-state index contributed by atoms with van der Waals surface area (Å²) in [6.45, 7) is 0.309. The molecule has 3 aromatic carbocycles. The van der Waals surface area contributed by atoms with Crippen molar-refractivity contribution in [2.24, 2.45) is 4.99 Å². The van der Waals surface area contributed by atoms with E-state index in [1.165, 1.54) is 47.8 Å². The van der Waals surface area contributed by atoms with Crippen LogP contribution >= 0.6 is 23.5 Å². The molecule has 1 saturated heterocycles. The first-order valence-electron chi connectivity index (χ1n) is 11.1. The number of alkyl halides is 3. The third kappa shape index (κ3) is 5.23. The fourth-order valence-corrected chi connectivity index (χ4v) is 6.10. The maximum atomic E-state index is 13.6. The van der Waals surface area contributed by atoms with Crippen LogP contribution in [0.25, 0.3) is 0 Å². The highest BCUT2D eigenvalue weighted by Crippen LogP contribution is 2.50. The van der Waals surface area contributed by atoms with Crippen molar-refractivity contribution in [2.45, 2.75) is 17.6 Å². The Balaban J connectivity index is 1.46. The number of aliphatic imine (C=N–C) groups is 1. The highest BCUT2D eigenvalue weighted by atomic mass is 32.2. The van der Waals surface area contributed by atoms with Crippen molar-refractivity contribution in [1.29, 1.82) is 0 Å². The fourth-order valence-electron chi connectivity index (χ4n) is 3.76. The Kier molecular flexibility index (Phi) is 6.74. The van der Waals surface area contributed by atoms with Crippen molar-refractivity contribution >= 4 is 57.6 Å². The Bertz CT molecular complexity index is 1420. The zero-order valence-corrected chi connectivity index (χ0v) is 21.0. The summed E-state index contributed by atoms with van der Waals surface area (Å²) in [5.74, 6) is -2.23. The number of nitrogens with zero attached hydrogens (tertiary/aromatic N) is 3. The van der Waals surface area contributed by atoms with E-state index in [-0.39, 0.29) is 11.6 Å². The van der Waals surface area contributed by atoms with E-state index in [1.54, 1.807) is 4.90 Å². The monoisotopic (exact) mass is 540 g/mol. The Morgan fingerprint density at radius 3 is 2.30 bits per heavy atom. The van der Waals surface area contributed by atoms with Gasteiger partial charge in [0, 0.05) is 17.6 Å². The summed E-state index contributed by atoms with van der Waals surface area (Å²) in [4.78, 5) is 34.7. The summed E-state index contributed by atoms with van der Waals surface area (Å²) in [5.41, 5.74) is 2.36. The first kappa shape index (κ1) is 25.0. The second kappa shape index (κ2) is 9.98. The van der Waals surface area contributed by atoms with E-state index in [0.29, 0.717) is 22.3 Å². The Hall–Kier alpha value is -3.70. The number of benzene rings is 3. The minimum Gasteiger partial charge on any atom is -0.337 e. The molecule has 37 heavy (non-hydrogen) atoms. The van der Waals surface area contributed by atoms with Crippen LogP contribution in [0.1, 0.15) is 5.56 Å². The van der Waals surface area contributed by atoms with E-state index in [9.17, 15) is 22.8 Å². The number of anilines is 2. The number of carbonyl (C=O) groups is 2. The van der Waals surface area contributed by atoms with Gasteiger partial charge >= 0.3 is 12.1 Å². The molecule has 188 valence electrons. The van der Waals surface area contributed by atoms with Crippen LogP contribution in [-0.2, 0) is 16.1 Å². The van der Waals surface area contributed by atoms with E-state index in [1.807, 2.05) is 71.9 Å². The molecule has 6 nitrogen and oxygen atoms in total. The molecule has 1 N–H and O–H groups in total. The third-order valence-electron chi connectivity index (χ3n) is 5.59. The van der Waals surface area contributed by atoms with Crippen LogP contribution < -0.4 is 10.2 Å². The number of para-hydroxylation sites is 1. The van der Waals surface area contributed by atoms with Crippen LogP contribution in [0.5, 0.6) is 0 Å². The van der Waals surface area contributed by atoms with Crippen LogP contribution in [0.2, 0.25) is 0 Å². The predicted molar refractivity (Wildman–Crippen MR) is 141 cm³/mol. The summed E-state index contributed by atoms with van der Waals surface area (Å²) in [6.07, 6.45) is -4.98. The van der Waals surface area contributed by atoms with Gasteiger partial charge in [-0.3, -0.25) is 14.5 Å². The molecule has 0 bridgehead atoms. The number of rotatable bonds is 4. The Morgan fingerprint density at radius 2 is 1.62 bits per heavy atom. The number of amides is 2. The summed E-state index contributed by atoms with van der Waals surface area (Å²) >= 11 is 2.78. The molecule has 0 saturated carbocycles. The van der Waals surface area contributed by atoms with Gasteiger partial charge in [-0.2, -0.15) is 13.2 Å². The number of carbonyl (C=O) groups excluding carboxylic acids is 2. The van der Waals surface area contributed by atoms with Gasteiger partial charge in [-0.1, -0.05) is 54.2 Å². The number of nitrogens with one attached hydrogen (secondary N) is 1. The second-order valence-electron chi connectivity index (χ2n) is 8.14. The lowest BCUT2D eigenvalue weighted by atomic mass is 10.2. The number of halogens is 3. The number of amidine groups is 1. The Labute approximate surface area is 219 Å². The summed E-state index contributed by atoms with van der Waals surface area (Å²) in [6, 6.07) is 23.1. The molecule has 2 aliphatic heterocycles. The number of hydrogen-bond acceptors (Lipinski definition) is 6. The number of hydrogen-bond donors (Lipinski definition) is 1. The molecule has 0 radical (unpaired) electrons. The van der Waals surface area contributed by atoms with Crippen molar-refractivity contribution < 1.29 is 22.8 Å².